The highest BCUT2D eigenvalue weighted by molar-refractivity contribution is 6.27. The Morgan fingerprint density at radius 3 is 1.80 bits per heavy atom. The van der Waals surface area contributed by atoms with Crippen LogP contribution in [0.5, 0.6) is 0 Å². The number of aliphatic carboxylic acids is 2. The molecule has 88 valence electrons. The molecule has 0 heterocycles. The van der Waals surface area contributed by atoms with Crippen LogP contribution in [0.1, 0.15) is 26.7 Å². The van der Waals surface area contributed by atoms with Crippen LogP contribution in [-0.2, 0) is 14.4 Å². The number of Topliss-reactive ketones (excluding diaryl/α,β-unsaturated/α-hetero) is 1. The predicted molar refractivity (Wildman–Crippen MR) is 53.7 cm³/mol. The van der Waals surface area contributed by atoms with E-state index in [4.69, 9.17) is 19.8 Å². The van der Waals surface area contributed by atoms with Crippen molar-refractivity contribution in [3.8, 4) is 0 Å². The van der Waals surface area contributed by atoms with Crippen molar-refractivity contribution in [1.82, 2.24) is 5.32 Å². The van der Waals surface area contributed by atoms with Crippen LogP contribution >= 0.6 is 0 Å². The van der Waals surface area contributed by atoms with Gasteiger partial charge in [-0.25, -0.2) is 9.59 Å². The molecule has 0 rings (SSSR count). The van der Waals surface area contributed by atoms with Gasteiger partial charge in [-0.3, -0.25) is 4.79 Å². The lowest BCUT2D eigenvalue weighted by Gasteiger charge is -1.97. The maximum absolute atomic E-state index is 10.4. The van der Waals surface area contributed by atoms with Gasteiger partial charge in [0.25, 0.3) is 0 Å². The van der Waals surface area contributed by atoms with E-state index >= 15 is 0 Å². The molecule has 3 N–H and O–H groups in total. The lowest BCUT2D eigenvalue weighted by atomic mass is 10.3. The summed E-state index contributed by atoms with van der Waals surface area (Å²) in [6.07, 6.45) is 1.80. The summed E-state index contributed by atoms with van der Waals surface area (Å²) in [6.45, 7) is 5.59. The highest BCUT2D eigenvalue weighted by Gasteiger charge is 2.04. The Morgan fingerprint density at radius 2 is 1.53 bits per heavy atom. The molecule has 0 saturated carbocycles. The summed E-state index contributed by atoms with van der Waals surface area (Å²) in [5.41, 5.74) is 0. The summed E-state index contributed by atoms with van der Waals surface area (Å²) >= 11 is 0. The monoisotopic (exact) mass is 219 g/mol. The van der Waals surface area contributed by atoms with Crippen molar-refractivity contribution in [2.24, 2.45) is 0 Å². The van der Waals surface area contributed by atoms with Crippen molar-refractivity contribution in [3.63, 3.8) is 0 Å². The third-order valence-electron chi connectivity index (χ3n) is 1.26. The van der Waals surface area contributed by atoms with Gasteiger partial charge in [0.1, 0.15) is 5.78 Å². The molecule has 0 aromatic heterocycles. The van der Waals surface area contributed by atoms with Gasteiger partial charge in [0, 0.05) is 13.0 Å². The van der Waals surface area contributed by atoms with E-state index in [-0.39, 0.29) is 5.78 Å². The smallest absolute Gasteiger partial charge is 0.414 e. The minimum absolute atomic E-state index is 0.263. The molecule has 0 fully saturated rings. The molecule has 15 heavy (non-hydrogen) atoms. The lowest BCUT2D eigenvalue weighted by Crippen LogP contribution is -2.17. The molecule has 0 saturated heterocycles. The largest absolute Gasteiger partial charge is 0.473 e. The lowest BCUT2D eigenvalue weighted by molar-refractivity contribution is -0.159. The standard InChI is InChI=1S/C7H15NO.C2H2O4/c1-3-5-8-6-4-7(2)9;3-1(4)2(5)6/h8H,3-6H2,1-2H3;(H,3,4)(H,5,6). The van der Waals surface area contributed by atoms with E-state index < -0.39 is 11.9 Å². The van der Waals surface area contributed by atoms with Crippen LogP contribution in [0.15, 0.2) is 0 Å². The average molecular weight is 219 g/mol. The summed E-state index contributed by atoms with van der Waals surface area (Å²) in [6, 6.07) is 0. The second-order valence-electron chi connectivity index (χ2n) is 2.81. The fraction of sp³-hybridized carbons (Fsp3) is 0.667. The molecule has 6 nitrogen and oxygen atoms in total. The number of ketones is 1. The molecule has 0 aliphatic rings. The maximum Gasteiger partial charge on any atom is 0.414 e. The van der Waals surface area contributed by atoms with Gasteiger partial charge in [0.15, 0.2) is 0 Å². The molecule has 0 radical (unpaired) electrons. The van der Waals surface area contributed by atoms with Crippen LogP contribution in [0.3, 0.4) is 0 Å². The minimum atomic E-state index is -1.82. The molecule has 0 aromatic rings. The highest BCUT2D eigenvalue weighted by atomic mass is 16.4. The van der Waals surface area contributed by atoms with E-state index in [0.717, 1.165) is 19.5 Å². The first-order valence-electron chi connectivity index (χ1n) is 4.58. The van der Waals surface area contributed by atoms with Gasteiger partial charge >= 0.3 is 11.9 Å². The van der Waals surface area contributed by atoms with Crippen molar-refractivity contribution in [2.75, 3.05) is 13.1 Å². The SMILES string of the molecule is CCCNCCC(C)=O.O=C(O)C(=O)O. The second-order valence-corrected chi connectivity index (χ2v) is 2.81. The molecule has 0 aromatic carbocycles. The van der Waals surface area contributed by atoms with E-state index in [1.807, 2.05) is 0 Å². The highest BCUT2D eigenvalue weighted by Crippen LogP contribution is 1.78. The minimum Gasteiger partial charge on any atom is -0.473 e. The molecular formula is C9H17NO5. The number of carbonyl (C=O) groups excluding carboxylic acids is 1. The van der Waals surface area contributed by atoms with Crippen LogP contribution < -0.4 is 5.32 Å². The normalized spacial score (nSPS) is 8.67. The first-order valence-corrected chi connectivity index (χ1v) is 4.58. The first-order chi connectivity index (χ1) is 6.91. The third kappa shape index (κ3) is 19.1. The van der Waals surface area contributed by atoms with E-state index in [0.29, 0.717) is 6.42 Å². The summed E-state index contributed by atoms with van der Waals surface area (Å²) in [5.74, 6) is -3.39. The van der Waals surface area contributed by atoms with Crippen LogP contribution in [0.4, 0.5) is 0 Å². The van der Waals surface area contributed by atoms with Crippen molar-refractivity contribution in [3.05, 3.63) is 0 Å². The third-order valence-corrected chi connectivity index (χ3v) is 1.26. The molecule has 0 bridgehead atoms. The predicted octanol–water partition coefficient (Wildman–Crippen LogP) is 0.121. The Kier molecular flexibility index (Phi) is 11.4. The molecule has 6 heteroatoms. The zero-order valence-electron chi connectivity index (χ0n) is 8.95. The number of hydrogen-bond acceptors (Lipinski definition) is 4. The molecule has 0 spiro atoms. The quantitative estimate of drug-likeness (QED) is 0.448. The van der Waals surface area contributed by atoms with Gasteiger partial charge in [0.2, 0.25) is 0 Å². The van der Waals surface area contributed by atoms with Crippen LogP contribution in [0.2, 0.25) is 0 Å². The van der Waals surface area contributed by atoms with Crippen LogP contribution in [0, 0.1) is 0 Å². The summed E-state index contributed by atoms with van der Waals surface area (Å²) < 4.78 is 0. The number of hydrogen-bond donors (Lipinski definition) is 3. The Balaban J connectivity index is 0. The van der Waals surface area contributed by atoms with Crippen molar-refractivity contribution in [2.45, 2.75) is 26.7 Å². The topological polar surface area (TPSA) is 104 Å². The van der Waals surface area contributed by atoms with Crippen LogP contribution in [0.25, 0.3) is 0 Å². The van der Waals surface area contributed by atoms with Gasteiger partial charge in [-0.2, -0.15) is 0 Å². The first kappa shape index (κ1) is 16.0. The van der Waals surface area contributed by atoms with Gasteiger partial charge in [0.05, 0.1) is 0 Å². The molecule has 0 atom stereocenters. The Morgan fingerprint density at radius 1 is 1.07 bits per heavy atom. The van der Waals surface area contributed by atoms with E-state index in [1.54, 1.807) is 6.92 Å². The van der Waals surface area contributed by atoms with Gasteiger partial charge in [-0.15, -0.1) is 0 Å². The van der Waals surface area contributed by atoms with Crippen molar-refractivity contribution < 1.29 is 24.6 Å². The number of carbonyl (C=O) groups is 3. The van der Waals surface area contributed by atoms with E-state index in [9.17, 15) is 4.79 Å². The zero-order valence-corrected chi connectivity index (χ0v) is 8.95. The van der Waals surface area contributed by atoms with Gasteiger partial charge < -0.3 is 15.5 Å². The zero-order chi connectivity index (χ0) is 12.3. The number of rotatable bonds is 5. The molecule has 0 amide bonds. The van der Waals surface area contributed by atoms with E-state index in [1.165, 1.54) is 0 Å². The number of carboxylic acids is 2. The summed E-state index contributed by atoms with van der Waals surface area (Å²) in [4.78, 5) is 28.6. The summed E-state index contributed by atoms with van der Waals surface area (Å²) in [5, 5.41) is 17.9. The summed E-state index contributed by atoms with van der Waals surface area (Å²) in [7, 11) is 0. The molecule has 0 aliphatic heterocycles. The fourth-order valence-electron chi connectivity index (χ4n) is 0.566. The van der Waals surface area contributed by atoms with Crippen molar-refractivity contribution >= 4 is 17.7 Å². The molecule has 0 aliphatic carbocycles. The Hall–Kier alpha value is -1.43. The molecular weight excluding hydrogens is 202 g/mol. The fourth-order valence-corrected chi connectivity index (χ4v) is 0.566. The number of carboxylic acid groups (broad SMARTS) is 2. The van der Waals surface area contributed by atoms with Crippen LogP contribution in [-0.4, -0.2) is 41.0 Å². The second kappa shape index (κ2) is 10.6. The van der Waals surface area contributed by atoms with Gasteiger partial charge in [-0.1, -0.05) is 6.92 Å². The average Bonchev–Trinajstić information content (AvgIpc) is 2.13. The molecule has 0 unspecified atom stereocenters. The Labute approximate surface area is 88.3 Å². The maximum atomic E-state index is 10.4. The van der Waals surface area contributed by atoms with E-state index in [2.05, 4.69) is 12.2 Å². The number of nitrogens with one attached hydrogen (secondary N) is 1. The van der Waals surface area contributed by atoms with Gasteiger partial charge in [-0.05, 0) is 19.9 Å². The van der Waals surface area contributed by atoms with Crippen molar-refractivity contribution in [1.29, 1.82) is 0 Å². The Bertz CT molecular complexity index is 203.